The quantitative estimate of drug-likeness (QED) is 0.714. The summed E-state index contributed by atoms with van der Waals surface area (Å²) < 4.78 is 20.0. The summed E-state index contributed by atoms with van der Waals surface area (Å²) in [5.74, 6) is 0.337. The van der Waals surface area contributed by atoms with Crippen molar-refractivity contribution in [3.63, 3.8) is 0 Å². The minimum atomic E-state index is -0.311. The molecular formula is C21H22FN3O2. The normalized spacial score (nSPS) is 10.9. The highest BCUT2D eigenvalue weighted by Crippen LogP contribution is 2.23. The molecule has 1 heterocycles. The number of carbonyl (C=O) groups excluding carboxylic acids is 1. The molecule has 27 heavy (non-hydrogen) atoms. The van der Waals surface area contributed by atoms with Gasteiger partial charge in [-0.3, -0.25) is 4.79 Å². The van der Waals surface area contributed by atoms with E-state index in [1.807, 2.05) is 38.1 Å². The van der Waals surface area contributed by atoms with E-state index < -0.39 is 0 Å². The van der Waals surface area contributed by atoms with Gasteiger partial charge in [0, 0.05) is 6.54 Å². The molecule has 3 rings (SSSR count). The van der Waals surface area contributed by atoms with Gasteiger partial charge in [-0.2, -0.15) is 5.10 Å². The molecule has 0 saturated carbocycles. The van der Waals surface area contributed by atoms with Crippen LogP contribution in [0, 0.1) is 5.82 Å². The summed E-state index contributed by atoms with van der Waals surface area (Å²) >= 11 is 0. The van der Waals surface area contributed by atoms with Crippen molar-refractivity contribution >= 4 is 5.91 Å². The Morgan fingerprint density at radius 2 is 1.81 bits per heavy atom. The summed E-state index contributed by atoms with van der Waals surface area (Å²) in [6.07, 6.45) is 1.56. The Morgan fingerprint density at radius 1 is 1.15 bits per heavy atom. The van der Waals surface area contributed by atoms with Crippen LogP contribution < -0.4 is 10.1 Å². The van der Waals surface area contributed by atoms with Gasteiger partial charge < -0.3 is 10.1 Å². The Kier molecular flexibility index (Phi) is 5.54. The minimum absolute atomic E-state index is 0.0688. The molecule has 6 heteroatoms. The maximum atomic E-state index is 13.2. The first-order chi connectivity index (χ1) is 13.0. The van der Waals surface area contributed by atoms with Crippen molar-refractivity contribution in [2.45, 2.75) is 26.3 Å². The molecule has 0 aliphatic carbocycles. The van der Waals surface area contributed by atoms with E-state index in [-0.39, 0.29) is 17.6 Å². The van der Waals surface area contributed by atoms with Crippen LogP contribution in [-0.2, 0) is 6.54 Å². The highest BCUT2D eigenvalue weighted by molar-refractivity contribution is 5.95. The number of ether oxygens (including phenoxy) is 1. The highest BCUT2D eigenvalue weighted by Gasteiger charge is 2.20. The van der Waals surface area contributed by atoms with Gasteiger partial charge in [0.05, 0.1) is 30.3 Å². The van der Waals surface area contributed by atoms with Crippen molar-refractivity contribution in [1.29, 1.82) is 0 Å². The van der Waals surface area contributed by atoms with Crippen molar-refractivity contribution in [3.05, 3.63) is 77.4 Å². The maximum absolute atomic E-state index is 13.2. The summed E-state index contributed by atoms with van der Waals surface area (Å²) in [6.45, 7) is 4.40. The zero-order valence-corrected chi connectivity index (χ0v) is 15.6. The number of benzene rings is 2. The van der Waals surface area contributed by atoms with Gasteiger partial charge in [0.1, 0.15) is 11.6 Å². The molecule has 0 radical (unpaired) electrons. The molecule has 0 atom stereocenters. The molecule has 0 aliphatic heterocycles. The number of hydrogen-bond donors (Lipinski definition) is 1. The van der Waals surface area contributed by atoms with Gasteiger partial charge >= 0.3 is 0 Å². The monoisotopic (exact) mass is 367 g/mol. The number of rotatable bonds is 6. The van der Waals surface area contributed by atoms with Crippen LogP contribution in [0.2, 0.25) is 0 Å². The number of nitrogens with one attached hydrogen (secondary N) is 1. The van der Waals surface area contributed by atoms with Gasteiger partial charge in [0.25, 0.3) is 5.91 Å². The zero-order chi connectivity index (χ0) is 19.4. The number of hydrogen-bond acceptors (Lipinski definition) is 3. The standard InChI is InChI=1S/C21H22FN3O2/c1-14(2)20-19(13-24-25(20)17-8-6-16(22)7-9-17)21(26)23-12-15-4-10-18(27-3)11-5-15/h4-11,13-14H,12H2,1-3H3,(H,23,26). The molecule has 1 aromatic heterocycles. The molecule has 0 fully saturated rings. The average molecular weight is 367 g/mol. The molecule has 2 aromatic carbocycles. The fourth-order valence-corrected chi connectivity index (χ4v) is 2.90. The highest BCUT2D eigenvalue weighted by atomic mass is 19.1. The number of carbonyl (C=O) groups is 1. The molecule has 0 bridgehead atoms. The van der Waals surface area contributed by atoms with Crippen LogP contribution in [0.1, 0.15) is 41.4 Å². The summed E-state index contributed by atoms with van der Waals surface area (Å²) in [7, 11) is 1.61. The van der Waals surface area contributed by atoms with E-state index >= 15 is 0 Å². The molecule has 3 aromatic rings. The lowest BCUT2D eigenvalue weighted by Crippen LogP contribution is -2.24. The Morgan fingerprint density at radius 3 is 2.41 bits per heavy atom. The van der Waals surface area contributed by atoms with Crippen molar-refractivity contribution in [2.24, 2.45) is 0 Å². The second kappa shape index (κ2) is 8.03. The smallest absolute Gasteiger partial charge is 0.255 e. The predicted octanol–water partition coefficient (Wildman–Crippen LogP) is 4.07. The molecule has 1 N–H and O–H groups in total. The molecule has 140 valence electrons. The largest absolute Gasteiger partial charge is 0.497 e. The first kappa shape index (κ1) is 18.6. The molecule has 1 amide bonds. The van der Waals surface area contributed by atoms with E-state index in [4.69, 9.17) is 4.74 Å². The number of aromatic nitrogens is 2. The molecule has 0 saturated heterocycles. The third-order valence-electron chi connectivity index (χ3n) is 4.28. The topological polar surface area (TPSA) is 56.1 Å². The van der Waals surface area contributed by atoms with Crippen molar-refractivity contribution in [3.8, 4) is 11.4 Å². The maximum Gasteiger partial charge on any atom is 0.255 e. The second-order valence-corrected chi connectivity index (χ2v) is 6.52. The van der Waals surface area contributed by atoms with Crippen LogP contribution in [0.15, 0.2) is 54.7 Å². The summed E-state index contributed by atoms with van der Waals surface area (Å²) in [5, 5.41) is 7.28. The second-order valence-electron chi connectivity index (χ2n) is 6.52. The van der Waals surface area contributed by atoms with E-state index in [1.165, 1.54) is 12.1 Å². The van der Waals surface area contributed by atoms with Gasteiger partial charge in [-0.25, -0.2) is 9.07 Å². The van der Waals surface area contributed by atoms with Gasteiger partial charge in [0.2, 0.25) is 0 Å². The van der Waals surface area contributed by atoms with Gasteiger partial charge in [-0.05, 0) is 47.9 Å². The van der Waals surface area contributed by atoms with Crippen molar-refractivity contribution in [2.75, 3.05) is 7.11 Å². The van der Waals surface area contributed by atoms with Crippen LogP contribution in [0.5, 0.6) is 5.75 Å². The van der Waals surface area contributed by atoms with E-state index in [0.29, 0.717) is 17.8 Å². The van der Waals surface area contributed by atoms with Crippen molar-refractivity contribution in [1.82, 2.24) is 15.1 Å². The molecule has 0 aliphatic rings. The van der Waals surface area contributed by atoms with Crippen LogP contribution in [0.25, 0.3) is 5.69 Å². The fourth-order valence-electron chi connectivity index (χ4n) is 2.90. The predicted molar refractivity (Wildman–Crippen MR) is 102 cm³/mol. The summed E-state index contributed by atoms with van der Waals surface area (Å²) in [6, 6.07) is 13.6. The Bertz CT molecular complexity index is 916. The third kappa shape index (κ3) is 4.16. The minimum Gasteiger partial charge on any atom is -0.497 e. The molecular weight excluding hydrogens is 345 g/mol. The Labute approximate surface area is 157 Å². The van der Waals surface area contributed by atoms with E-state index in [9.17, 15) is 9.18 Å². The van der Waals surface area contributed by atoms with E-state index in [2.05, 4.69) is 10.4 Å². The fraction of sp³-hybridized carbons (Fsp3) is 0.238. The number of nitrogens with zero attached hydrogens (tertiary/aromatic N) is 2. The van der Waals surface area contributed by atoms with Crippen molar-refractivity contribution < 1.29 is 13.9 Å². The zero-order valence-electron chi connectivity index (χ0n) is 15.6. The van der Waals surface area contributed by atoms with Crippen LogP contribution >= 0.6 is 0 Å². The lowest BCUT2D eigenvalue weighted by molar-refractivity contribution is 0.0949. The Balaban J connectivity index is 1.80. The van der Waals surface area contributed by atoms with Gasteiger partial charge in [-0.15, -0.1) is 0 Å². The molecule has 0 unspecified atom stereocenters. The SMILES string of the molecule is COc1ccc(CNC(=O)c2cnn(-c3ccc(F)cc3)c2C(C)C)cc1. The molecule has 0 spiro atoms. The molecule has 5 nitrogen and oxygen atoms in total. The van der Waals surface area contributed by atoms with E-state index in [1.54, 1.807) is 30.1 Å². The number of methoxy groups -OCH3 is 1. The lowest BCUT2D eigenvalue weighted by atomic mass is 10.0. The summed E-state index contributed by atoms with van der Waals surface area (Å²) in [4.78, 5) is 12.7. The number of halogens is 1. The Hall–Kier alpha value is -3.15. The third-order valence-corrected chi connectivity index (χ3v) is 4.28. The van der Waals surface area contributed by atoms with Gasteiger partial charge in [0.15, 0.2) is 0 Å². The first-order valence-electron chi connectivity index (χ1n) is 8.74. The first-order valence-corrected chi connectivity index (χ1v) is 8.74. The van der Waals surface area contributed by atoms with E-state index in [0.717, 1.165) is 17.0 Å². The van der Waals surface area contributed by atoms with Gasteiger partial charge in [-0.1, -0.05) is 26.0 Å². The summed E-state index contributed by atoms with van der Waals surface area (Å²) in [5.41, 5.74) is 2.99. The van der Waals surface area contributed by atoms with Crippen LogP contribution in [0.3, 0.4) is 0 Å². The lowest BCUT2D eigenvalue weighted by Gasteiger charge is -2.13. The van der Waals surface area contributed by atoms with Crippen LogP contribution in [0.4, 0.5) is 4.39 Å². The number of amides is 1. The average Bonchev–Trinajstić information content (AvgIpc) is 3.12. The van der Waals surface area contributed by atoms with Crippen LogP contribution in [-0.4, -0.2) is 22.8 Å².